The lowest BCUT2D eigenvalue weighted by molar-refractivity contribution is -0.120. The van der Waals surface area contributed by atoms with Gasteiger partial charge < -0.3 is 15.0 Å². The van der Waals surface area contributed by atoms with Crippen molar-refractivity contribution in [3.8, 4) is 0 Å². The Morgan fingerprint density at radius 1 is 0.971 bits per heavy atom. The summed E-state index contributed by atoms with van der Waals surface area (Å²) in [5, 5.41) is 3.12. The second-order valence-electron chi connectivity index (χ2n) is 9.68. The Morgan fingerprint density at radius 3 is 2.32 bits per heavy atom. The van der Waals surface area contributed by atoms with Crippen molar-refractivity contribution in [3.05, 3.63) is 23.3 Å². The zero-order chi connectivity index (χ0) is 24.1. The Morgan fingerprint density at radius 2 is 1.65 bits per heavy atom. The maximum Gasteiger partial charge on any atom is 0.409 e. The van der Waals surface area contributed by atoms with E-state index in [-0.39, 0.29) is 24.0 Å². The van der Waals surface area contributed by atoms with E-state index < -0.39 is 10.0 Å². The average molecular weight is 492 g/mol. The number of carbonyl (C=O) groups is 2. The molecule has 34 heavy (non-hydrogen) atoms. The molecule has 2 N–H and O–H groups in total. The Hall–Kier alpha value is -2.13. The Labute approximate surface area is 202 Å². The lowest BCUT2D eigenvalue weighted by Gasteiger charge is -2.32. The van der Waals surface area contributed by atoms with E-state index in [0.717, 1.165) is 61.8 Å². The number of anilines is 1. The first-order chi connectivity index (χ1) is 16.4. The van der Waals surface area contributed by atoms with Gasteiger partial charge in [-0.1, -0.05) is 19.3 Å². The summed E-state index contributed by atoms with van der Waals surface area (Å²) in [6, 6.07) is 3.19. The van der Waals surface area contributed by atoms with Gasteiger partial charge in [-0.3, -0.25) is 4.79 Å². The quantitative estimate of drug-likeness (QED) is 0.626. The van der Waals surface area contributed by atoms with Gasteiger partial charge in [0, 0.05) is 30.7 Å². The summed E-state index contributed by atoms with van der Waals surface area (Å²) in [4.78, 5) is 26.7. The van der Waals surface area contributed by atoms with Gasteiger partial charge in [0.1, 0.15) is 0 Å². The van der Waals surface area contributed by atoms with Crippen molar-refractivity contribution in [1.29, 1.82) is 0 Å². The van der Waals surface area contributed by atoms with Crippen LogP contribution >= 0.6 is 0 Å². The molecular formula is C25H37N3O5S. The molecule has 0 atom stereocenters. The Kier molecular flexibility index (Phi) is 8.14. The normalized spacial score (nSPS) is 20.0. The third-order valence-corrected chi connectivity index (χ3v) is 8.96. The molecule has 1 saturated heterocycles. The molecule has 2 amide bonds. The molecule has 0 aromatic heterocycles. The van der Waals surface area contributed by atoms with Gasteiger partial charge in [-0.15, -0.1) is 0 Å². The average Bonchev–Trinajstić information content (AvgIpc) is 2.85. The number of rotatable bonds is 6. The largest absolute Gasteiger partial charge is 0.450 e. The van der Waals surface area contributed by atoms with Crippen LogP contribution in [-0.2, 0) is 32.4 Å². The molecule has 1 aromatic carbocycles. The highest BCUT2D eigenvalue weighted by atomic mass is 32.2. The van der Waals surface area contributed by atoms with E-state index in [2.05, 4.69) is 10.0 Å². The Balaban J connectivity index is 1.47. The SMILES string of the molecule is CCOC(=O)N1CCC(NS(=O)(=O)c2ccc(NC(=O)C3CCCCC3)c3c2CCCC3)CC1. The fourth-order valence-electron chi connectivity index (χ4n) is 5.48. The minimum atomic E-state index is -3.71. The number of sulfonamides is 1. The number of hydrogen-bond acceptors (Lipinski definition) is 5. The van der Waals surface area contributed by atoms with E-state index in [1.165, 1.54) is 6.42 Å². The molecular weight excluding hydrogens is 454 g/mol. The van der Waals surface area contributed by atoms with Crippen LogP contribution < -0.4 is 10.0 Å². The first-order valence-electron chi connectivity index (χ1n) is 12.8. The van der Waals surface area contributed by atoms with Gasteiger partial charge in [0.15, 0.2) is 0 Å². The fraction of sp³-hybridized carbons (Fsp3) is 0.680. The highest BCUT2D eigenvalue weighted by Gasteiger charge is 2.31. The number of likely N-dealkylation sites (tertiary alicyclic amines) is 1. The van der Waals surface area contributed by atoms with E-state index in [0.29, 0.717) is 43.9 Å². The zero-order valence-electron chi connectivity index (χ0n) is 20.1. The van der Waals surface area contributed by atoms with Crippen molar-refractivity contribution in [2.24, 2.45) is 5.92 Å². The number of nitrogens with one attached hydrogen (secondary N) is 2. The fourth-order valence-corrected chi connectivity index (χ4v) is 7.08. The lowest BCUT2D eigenvalue weighted by atomic mass is 9.87. The van der Waals surface area contributed by atoms with Crippen LogP contribution in [0.2, 0.25) is 0 Å². The highest BCUT2D eigenvalue weighted by molar-refractivity contribution is 7.89. The third kappa shape index (κ3) is 5.74. The molecule has 2 aliphatic carbocycles. The molecule has 0 radical (unpaired) electrons. The third-order valence-electron chi connectivity index (χ3n) is 7.36. The van der Waals surface area contributed by atoms with Crippen molar-refractivity contribution in [2.75, 3.05) is 25.0 Å². The number of fused-ring (bicyclic) bond motifs is 1. The minimum absolute atomic E-state index is 0.0542. The smallest absolute Gasteiger partial charge is 0.409 e. The number of benzene rings is 1. The lowest BCUT2D eigenvalue weighted by Crippen LogP contribution is -2.46. The standard InChI is InChI=1S/C25H37N3O5S/c1-2-33-25(30)28-16-14-19(15-17-28)27-34(31,32)23-13-12-22(20-10-6-7-11-21(20)23)26-24(29)18-8-4-3-5-9-18/h12-13,18-19,27H,2-11,14-17H2,1H3,(H,26,29). The second kappa shape index (κ2) is 11.1. The number of hydrogen-bond donors (Lipinski definition) is 2. The van der Waals surface area contributed by atoms with Gasteiger partial charge in [0.05, 0.1) is 11.5 Å². The summed E-state index contributed by atoms with van der Waals surface area (Å²) >= 11 is 0. The van der Waals surface area contributed by atoms with Crippen molar-refractivity contribution < 1.29 is 22.7 Å². The second-order valence-corrected chi connectivity index (χ2v) is 11.4. The number of nitrogens with zero attached hydrogens (tertiary/aromatic N) is 1. The molecule has 9 heteroatoms. The molecule has 0 bridgehead atoms. The summed E-state index contributed by atoms with van der Waals surface area (Å²) in [6.45, 7) is 3.03. The van der Waals surface area contributed by atoms with E-state index in [9.17, 15) is 18.0 Å². The predicted molar refractivity (Wildman–Crippen MR) is 130 cm³/mol. The molecule has 4 rings (SSSR count). The predicted octanol–water partition coefficient (Wildman–Crippen LogP) is 3.98. The van der Waals surface area contributed by atoms with Crippen LogP contribution in [0.25, 0.3) is 0 Å². The van der Waals surface area contributed by atoms with Gasteiger partial charge in [0.25, 0.3) is 0 Å². The van der Waals surface area contributed by atoms with Crippen LogP contribution in [0.15, 0.2) is 17.0 Å². The number of ether oxygens (including phenoxy) is 1. The van der Waals surface area contributed by atoms with Gasteiger partial charge >= 0.3 is 6.09 Å². The van der Waals surface area contributed by atoms with Crippen LogP contribution in [0.3, 0.4) is 0 Å². The first kappa shape index (κ1) is 25.0. The van der Waals surface area contributed by atoms with Crippen molar-refractivity contribution >= 4 is 27.7 Å². The maximum absolute atomic E-state index is 13.4. The first-order valence-corrected chi connectivity index (χ1v) is 14.3. The van der Waals surface area contributed by atoms with Crippen LogP contribution in [0, 0.1) is 5.92 Å². The van der Waals surface area contributed by atoms with Crippen molar-refractivity contribution in [2.45, 2.75) is 88.5 Å². The van der Waals surface area contributed by atoms with Crippen LogP contribution in [0.4, 0.5) is 10.5 Å². The molecule has 1 aliphatic heterocycles. The topological polar surface area (TPSA) is 105 Å². The van der Waals surface area contributed by atoms with E-state index >= 15 is 0 Å². The van der Waals surface area contributed by atoms with Gasteiger partial charge in [-0.25, -0.2) is 17.9 Å². The summed E-state index contributed by atoms with van der Waals surface area (Å²) in [5.74, 6) is 0.119. The summed E-state index contributed by atoms with van der Waals surface area (Å²) < 4.78 is 34.7. The monoisotopic (exact) mass is 491 g/mol. The van der Waals surface area contributed by atoms with Crippen molar-refractivity contribution in [1.82, 2.24) is 9.62 Å². The maximum atomic E-state index is 13.4. The van der Waals surface area contributed by atoms with E-state index in [4.69, 9.17) is 4.74 Å². The van der Waals surface area contributed by atoms with Crippen LogP contribution in [0.5, 0.6) is 0 Å². The van der Waals surface area contributed by atoms with Crippen LogP contribution in [-0.4, -0.2) is 51.1 Å². The number of carbonyl (C=O) groups excluding carboxylic acids is 2. The van der Waals surface area contributed by atoms with Gasteiger partial charge in [-0.05, 0) is 81.5 Å². The zero-order valence-corrected chi connectivity index (χ0v) is 20.9. The molecule has 1 aromatic rings. The molecule has 1 heterocycles. The van der Waals surface area contributed by atoms with E-state index in [1.54, 1.807) is 24.0 Å². The Bertz CT molecular complexity index is 996. The summed E-state index contributed by atoms with van der Waals surface area (Å²) in [5.41, 5.74) is 2.58. The molecule has 1 saturated carbocycles. The molecule has 188 valence electrons. The molecule has 2 fully saturated rings. The molecule has 0 unspecified atom stereocenters. The van der Waals surface area contributed by atoms with Crippen molar-refractivity contribution in [3.63, 3.8) is 0 Å². The van der Waals surface area contributed by atoms with Crippen LogP contribution in [0.1, 0.15) is 75.8 Å². The molecule has 3 aliphatic rings. The van der Waals surface area contributed by atoms with E-state index in [1.807, 2.05) is 0 Å². The summed E-state index contributed by atoms with van der Waals surface area (Å²) in [7, 11) is -3.71. The minimum Gasteiger partial charge on any atom is -0.450 e. The number of amides is 2. The highest BCUT2D eigenvalue weighted by Crippen LogP contribution is 2.34. The molecule has 8 nitrogen and oxygen atoms in total. The van der Waals surface area contributed by atoms with Gasteiger partial charge in [-0.2, -0.15) is 0 Å². The summed E-state index contributed by atoms with van der Waals surface area (Å²) in [6.07, 6.45) is 9.40. The number of piperidine rings is 1. The molecule has 0 spiro atoms. The van der Waals surface area contributed by atoms with Gasteiger partial charge in [0.2, 0.25) is 15.9 Å².